The first kappa shape index (κ1) is 21.5. The Morgan fingerprint density at radius 3 is 2.25 bits per heavy atom. The fourth-order valence-electron chi connectivity index (χ4n) is 3.46. The van der Waals surface area contributed by atoms with Gasteiger partial charge >= 0.3 is 0 Å². The highest BCUT2D eigenvalue weighted by Gasteiger charge is 2.19. The van der Waals surface area contributed by atoms with E-state index < -0.39 is 5.91 Å². The van der Waals surface area contributed by atoms with Crippen molar-refractivity contribution in [1.29, 1.82) is 0 Å². The summed E-state index contributed by atoms with van der Waals surface area (Å²) in [4.78, 5) is 17.9. The Balaban J connectivity index is 1.59. The van der Waals surface area contributed by atoms with Gasteiger partial charge in [-0.25, -0.2) is 4.99 Å². The average Bonchev–Trinajstić information content (AvgIpc) is 3.13. The topological polar surface area (TPSA) is 64.7 Å². The van der Waals surface area contributed by atoms with Crippen LogP contribution in [0.15, 0.2) is 89.9 Å². The highest BCUT2D eigenvalue weighted by molar-refractivity contribution is 7.16. The third-order valence-electron chi connectivity index (χ3n) is 5.16. The molecule has 0 aliphatic rings. The number of para-hydroxylation sites is 1. The number of aliphatic imine (C=N–C) groups is 1. The maximum absolute atomic E-state index is 12.2. The summed E-state index contributed by atoms with van der Waals surface area (Å²) < 4.78 is 6.02. The van der Waals surface area contributed by atoms with Crippen LogP contribution in [0, 0.1) is 6.92 Å². The summed E-state index contributed by atoms with van der Waals surface area (Å²) in [6.07, 6.45) is 2.48. The number of rotatable bonds is 8. The van der Waals surface area contributed by atoms with Crippen molar-refractivity contribution >= 4 is 28.5 Å². The second-order valence-corrected chi connectivity index (χ2v) is 8.51. The number of carbonyl (C=O) groups is 1. The molecule has 4 aromatic rings. The average molecular weight is 441 g/mol. The van der Waals surface area contributed by atoms with Crippen molar-refractivity contribution in [2.45, 2.75) is 20.0 Å². The van der Waals surface area contributed by atoms with E-state index in [2.05, 4.69) is 17.1 Å². The van der Waals surface area contributed by atoms with E-state index in [9.17, 15) is 4.79 Å². The van der Waals surface area contributed by atoms with Crippen molar-refractivity contribution < 1.29 is 9.53 Å². The van der Waals surface area contributed by atoms with Crippen LogP contribution in [0.25, 0.3) is 0 Å². The molecule has 0 spiro atoms. The van der Waals surface area contributed by atoms with Gasteiger partial charge in [0.25, 0.3) is 5.91 Å². The molecule has 0 bridgehead atoms. The molecule has 2 N–H and O–H groups in total. The molecule has 4 rings (SSSR count). The number of ether oxygens (including phenoxy) is 1. The van der Waals surface area contributed by atoms with Crippen LogP contribution in [-0.4, -0.2) is 12.1 Å². The van der Waals surface area contributed by atoms with Crippen LogP contribution in [-0.2, 0) is 13.0 Å². The Hall–Kier alpha value is -3.70. The SMILES string of the molecule is Cc1c(Cc2ccccc2)sc(N=Cc2ccccc2OCc2ccccc2)c1C(N)=O. The minimum atomic E-state index is -0.459. The molecule has 0 fully saturated rings. The molecular weight excluding hydrogens is 416 g/mol. The van der Waals surface area contributed by atoms with Crippen LogP contribution in [0.3, 0.4) is 0 Å². The molecule has 32 heavy (non-hydrogen) atoms. The standard InChI is InChI=1S/C27H24N2O2S/c1-19-24(16-20-10-4-2-5-11-20)32-27(25(19)26(28)30)29-17-22-14-8-9-15-23(22)31-18-21-12-6-3-7-13-21/h2-15,17H,16,18H2,1H3,(H2,28,30). The Morgan fingerprint density at radius 1 is 0.938 bits per heavy atom. The van der Waals surface area contributed by atoms with Gasteiger partial charge in [0.1, 0.15) is 17.4 Å². The zero-order valence-corrected chi connectivity index (χ0v) is 18.6. The van der Waals surface area contributed by atoms with E-state index >= 15 is 0 Å². The minimum absolute atomic E-state index is 0.459. The zero-order chi connectivity index (χ0) is 22.3. The minimum Gasteiger partial charge on any atom is -0.488 e. The van der Waals surface area contributed by atoms with Crippen LogP contribution in [0.2, 0.25) is 0 Å². The van der Waals surface area contributed by atoms with E-state index in [4.69, 9.17) is 10.5 Å². The molecule has 5 heteroatoms. The molecule has 1 amide bonds. The fraction of sp³-hybridized carbons (Fsp3) is 0.111. The number of hydrogen-bond donors (Lipinski definition) is 1. The van der Waals surface area contributed by atoms with Crippen LogP contribution >= 0.6 is 11.3 Å². The van der Waals surface area contributed by atoms with Gasteiger partial charge < -0.3 is 10.5 Å². The van der Waals surface area contributed by atoms with E-state index in [1.165, 1.54) is 16.9 Å². The van der Waals surface area contributed by atoms with Crippen LogP contribution in [0.4, 0.5) is 5.00 Å². The molecule has 1 aromatic heterocycles. The molecule has 0 radical (unpaired) electrons. The number of carbonyl (C=O) groups excluding carboxylic acids is 1. The van der Waals surface area contributed by atoms with Gasteiger partial charge in [-0.2, -0.15) is 0 Å². The molecule has 0 aliphatic heterocycles. The Bertz CT molecular complexity index is 1230. The van der Waals surface area contributed by atoms with Crippen molar-refractivity contribution in [2.24, 2.45) is 10.7 Å². The maximum Gasteiger partial charge on any atom is 0.252 e. The largest absolute Gasteiger partial charge is 0.488 e. The Labute approximate surface area is 192 Å². The summed E-state index contributed by atoms with van der Waals surface area (Å²) in [5.41, 5.74) is 10.2. The predicted molar refractivity (Wildman–Crippen MR) is 131 cm³/mol. The summed E-state index contributed by atoms with van der Waals surface area (Å²) in [5.74, 6) is 0.275. The first-order chi connectivity index (χ1) is 15.6. The molecule has 1 heterocycles. The summed E-state index contributed by atoms with van der Waals surface area (Å²) in [6, 6.07) is 27.9. The first-order valence-corrected chi connectivity index (χ1v) is 11.2. The lowest BCUT2D eigenvalue weighted by Crippen LogP contribution is -2.11. The lowest BCUT2D eigenvalue weighted by molar-refractivity contribution is 0.100. The monoisotopic (exact) mass is 440 g/mol. The van der Waals surface area contributed by atoms with Gasteiger partial charge in [0.05, 0.1) is 5.56 Å². The zero-order valence-electron chi connectivity index (χ0n) is 17.8. The van der Waals surface area contributed by atoms with E-state index in [0.717, 1.165) is 33.7 Å². The van der Waals surface area contributed by atoms with Crippen LogP contribution < -0.4 is 10.5 Å². The summed E-state index contributed by atoms with van der Waals surface area (Å²) in [6.45, 7) is 2.41. The summed E-state index contributed by atoms with van der Waals surface area (Å²) >= 11 is 1.51. The normalized spacial score (nSPS) is 11.0. The first-order valence-electron chi connectivity index (χ1n) is 10.4. The van der Waals surface area contributed by atoms with Crippen molar-refractivity contribution in [1.82, 2.24) is 0 Å². The van der Waals surface area contributed by atoms with Crippen LogP contribution in [0.5, 0.6) is 5.75 Å². The highest BCUT2D eigenvalue weighted by atomic mass is 32.1. The number of benzene rings is 3. The highest BCUT2D eigenvalue weighted by Crippen LogP contribution is 2.36. The van der Waals surface area contributed by atoms with Gasteiger partial charge in [0, 0.05) is 23.1 Å². The molecular formula is C27H24N2O2S. The third kappa shape index (κ3) is 5.13. The van der Waals surface area contributed by atoms with Gasteiger partial charge in [-0.1, -0.05) is 72.8 Å². The number of hydrogen-bond acceptors (Lipinski definition) is 4. The predicted octanol–water partition coefficient (Wildman–Crippen LogP) is 6.08. The quantitative estimate of drug-likeness (QED) is 0.338. The second-order valence-electron chi connectivity index (χ2n) is 7.43. The lowest BCUT2D eigenvalue weighted by atomic mass is 10.1. The maximum atomic E-state index is 12.2. The molecule has 0 saturated carbocycles. The van der Waals surface area contributed by atoms with Crippen LogP contribution in [0.1, 0.15) is 37.5 Å². The molecule has 0 saturated heterocycles. The van der Waals surface area contributed by atoms with Gasteiger partial charge in [-0.15, -0.1) is 11.3 Å². The van der Waals surface area contributed by atoms with E-state index in [-0.39, 0.29) is 0 Å². The van der Waals surface area contributed by atoms with Gasteiger partial charge in [0.15, 0.2) is 0 Å². The van der Waals surface area contributed by atoms with E-state index in [1.807, 2.05) is 79.7 Å². The number of thiophene rings is 1. The Kier molecular flexibility index (Phi) is 6.78. The molecule has 0 atom stereocenters. The molecule has 3 aromatic carbocycles. The smallest absolute Gasteiger partial charge is 0.252 e. The van der Waals surface area contributed by atoms with Crippen molar-refractivity contribution in [3.05, 3.63) is 118 Å². The van der Waals surface area contributed by atoms with Crippen molar-refractivity contribution in [3.63, 3.8) is 0 Å². The number of nitrogens with zero attached hydrogens (tertiary/aromatic N) is 1. The Morgan fingerprint density at radius 2 is 1.56 bits per heavy atom. The summed E-state index contributed by atoms with van der Waals surface area (Å²) in [5, 5.41) is 0.624. The van der Waals surface area contributed by atoms with Gasteiger partial charge in [-0.3, -0.25) is 4.79 Å². The van der Waals surface area contributed by atoms with E-state index in [1.54, 1.807) is 6.21 Å². The third-order valence-corrected chi connectivity index (χ3v) is 6.36. The number of nitrogens with two attached hydrogens (primary N) is 1. The molecule has 160 valence electrons. The lowest BCUT2D eigenvalue weighted by Gasteiger charge is -2.08. The van der Waals surface area contributed by atoms with Gasteiger partial charge in [0.2, 0.25) is 0 Å². The van der Waals surface area contributed by atoms with Gasteiger partial charge in [-0.05, 0) is 35.7 Å². The molecule has 0 unspecified atom stereocenters. The fourth-order valence-corrected chi connectivity index (χ4v) is 4.65. The molecule has 0 aliphatic carbocycles. The second kappa shape index (κ2) is 10.1. The summed E-state index contributed by atoms with van der Waals surface area (Å²) in [7, 11) is 0. The van der Waals surface area contributed by atoms with Crippen molar-refractivity contribution in [2.75, 3.05) is 0 Å². The van der Waals surface area contributed by atoms with Crippen molar-refractivity contribution in [3.8, 4) is 5.75 Å². The molecule has 4 nitrogen and oxygen atoms in total. The van der Waals surface area contributed by atoms with E-state index in [0.29, 0.717) is 17.2 Å². The number of primary amides is 1. The number of amides is 1.